The van der Waals surface area contributed by atoms with E-state index >= 15 is 0 Å². The lowest BCUT2D eigenvalue weighted by Crippen LogP contribution is -2.35. The summed E-state index contributed by atoms with van der Waals surface area (Å²) in [5.41, 5.74) is 1.01. The highest BCUT2D eigenvalue weighted by Gasteiger charge is 2.23. The summed E-state index contributed by atoms with van der Waals surface area (Å²) in [6.45, 7) is 9.43. The van der Waals surface area contributed by atoms with Gasteiger partial charge in [-0.2, -0.15) is 0 Å². The van der Waals surface area contributed by atoms with Gasteiger partial charge < -0.3 is 9.73 Å². The number of hydrogen-bond donors (Lipinski definition) is 1. The first kappa shape index (κ1) is 12.6. The lowest BCUT2D eigenvalue weighted by Gasteiger charge is -2.31. The predicted octanol–water partition coefficient (Wildman–Crippen LogP) is 3.21. The van der Waals surface area contributed by atoms with Crippen LogP contribution < -0.4 is 5.32 Å². The van der Waals surface area contributed by atoms with E-state index in [0.29, 0.717) is 6.04 Å². The smallest absolute Gasteiger partial charge is 0.208 e. The molecule has 1 heterocycles. The molecule has 1 aliphatic carbocycles. The van der Waals surface area contributed by atoms with Gasteiger partial charge in [-0.15, -0.1) is 0 Å². The molecule has 0 bridgehead atoms. The Hall–Kier alpha value is -0.830. The zero-order chi connectivity index (χ0) is 12.4. The van der Waals surface area contributed by atoms with Gasteiger partial charge in [0.2, 0.25) is 5.89 Å². The summed E-state index contributed by atoms with van der Waals surface area (Å²) >= 11 is 0. The minimum absolute atomic E-state index is 0.626. The Balaban J connectivity index is 1.85. The van der Waals surface area contributed by atoms with Crippen molar-refractivity contribution in [2.75, 3.05) is 0 Å². The van der Waals surface area contributed by atoms with Crippen LogP contribution in [0.2, 0.25) is 0 Å². The van der Waals surface area contributed by atoms with Gasteiger partial charge in [0, 0.05) is 6.04 Å². The Morgan fingerprint density at radius 3 is 2.35 bits per heavy atom. The van der Waals surface area contributed by atoms with Crippen LogP contribution in [0.3, 0.4) is 0 Å². The molecule has 0 aromatic carbocycles. The van der Waals surface area contributed by atoms with Gasteiger partial charge >= 0.3 is 0 Å². The summed E-state index contributed by atoms with van der Waals surface area (Å²) < 4.78 is 5.59. The maximum absolute atomic E-state index is 5.59. The quantitative estimate of drug-likeness (QED) is 0.875. The van der Waals surface area contributed by atoms with Crippen LogP contribution in [0.4, 0.5) is 0 Å². The molecule has 1 N–H and O–H groups in total. The van der Waals surface area contributed by atoms with Crippen molar-refractivity contribution < 1.29 is 4.42 Å². The molecule has 1 aromatic rings. The van der Waals surface area contributed by atoms with E-state index in [-0.39, 0.29) is 0 Å². The molecule has 0 radical (unpaired) electrons. The SMILES string of the molecule is Cc1nc(CNC2CC(C)CC(C)C2)oc1C. The molecule has 3 nitrogen and oxygen atoms in total. The lowest BCUT2D eigenvalue weighted by atomic mass is 9.80. The third-order valence-electron chi connectivity index (χ3n) is 3.79. The van der Waals surface area contributed by atoms with E-state index in [0.717, 1.165) is 35.7 Å². The molecule has 2 unspecified atom stereocenters. The summed E-state index contributed by atoms with van der Waals surface area (Å²) in [4.78, 5) is 4.40. The molecule has 1 aromatic heterocycles. The molecule has 0 spiro atoms. The molecule has 3 heteroatoms. The van der Waals surface area contributed by atoms with Crippen molar-refractivity contribution in [1.29, 1.82) is 0 Å². The second-order valence-corrected chi connectivity index (χ2v) is 5.74. The van der Waals surface area contributed by atoms with Crippen LogP contribution in [0.25, 0.3) is 0 Å². The van der Waals surface area contributed by atoms with Crippen molar-refractivity contribution in [3.05, 3.63) is 17.3 Å². The highest BCUT2D eigenvalue weighted by Crippen LogP contribution is 2.28. The molecule has 96 valence electrons. The molecular weight excluding hydrogens is 212 g/mol. The van der Waals surface area contributed by atoms with Gasteiger partial charge in [-0.05, 0) is 44.9 Å². The first-order chi connectivity index (χ1) is 8.04. The van der Waals surface area contributed by atoms with Gasteiger partial charge in [-0.3, -0.25) is 0 Å². The zero-order valence-electron chi connectivity index (χ0n) is 11.4. The van der Waals surface area contributed by atoms with Crippen LogP contribution in [0.15, 0.2) is 4.42 Å². The first-order valence-corrected chi connectivity index (χ1v) is 6.71. The Kier molecular flexibility index (Phi) is 3.87. The van der Waals surface area contributed by atoms with E-state index in [9.17, 15) is 0 Å². The number of oxazole rings is 1. The average Bonchev–Trinajstić information content (AvgIpc) is 2.54. The molecule has 17 heavy (non-hydrogen) atoms. The molecule has 1 fully saturated rings. The number of nitrogens with one attached hydrogen (secondary N) is 1. The average molecular weight is 236 g/mol. The standard InChI is InChI=1S/C14H24N2O/c1-9-5-10(2)7-13(6-9)15-8-14-16-11(3)12(4)17-14/h9-10,13,15H,5-8H2,1-4H3. The van der Waals surface area contributed by atoms with Crippen molar-refractivity contribution >= 4 is 0 Å². The monoisotopic (exact) mass is 236 g/mol. The first-order valence-electron chi connectivity index (χ1n) is 6.71. The molecule has 0 aliphatic heterocycles. The Morgan fingerprint density at radius 1 is 1.18 bits per heavy atom. The topological polar surface area (TPSA) is 38.1 Å². The normalized spacial score (nSPS) is 29.5. The highest BCUT2D eigenvalue weighted by molar-refractivity contribution is 5.05. The number of nitrogens with zero attached hydrogens (tertiary/aromatic N) is 1. The van der Waals surface area contributed by atoms with Crippen LogP contribution >= 0.6 is 0 Å². The fraction of sp³-hybridized carbons (Fsp3) is 0.786. The second kappa shape index (κ2) is 5.21. The maximum atomic E-state index is 5.59. The van der Waals surface area contributed by atoms with Crippen molar-refractivity contribution in [3.8, 4) is 0 Å². The summed E-state index contributed by atoms with van der Waals surface area (Å²) in [6, 6.07) is 0.626. The van der Waals surface area contributed by atoms with Crippen molar-refractivity contribution in [2.45, 2.75) is 59.5 Å². The van der Waals surface area contributed by atoms with E-state index in [4.69, 9.17) is 4.42 Å². The van der Waals surface area contributed by atoms with Gasteiger partial charge in [0.05, 0.1) is 12.2 Å². The minimum atomic E-state index is 0.626. The maximum Gasteiger partial charge on any atom is 0.208 e. The Morgan fingerprint density at radius 2 is 1.82 bits per heavy atom. The molecule has 2 atom stereocenters. The predicted molar refractivity (Wildman–Crippen MR) is 68.8 cm³/mol. The summed E-state index contributed by atoms with van der Waals surface area (Å²) in [5.74, 6) is 3.44. The van der Waals surface area contributed by atoms with Gasteiger partial charge in [-0.1, -0.05) is 13.8 Å². The Labute approximate surface area is 104 Å². The minimum Gasteiger partial charge on any atom is -0.444 e. The number of aryl methyl sites for hydroxylation is 2. The third-order valence-corrected chi connectivity index (χ3v) is 3.79. The number of hydrogen-bond acceptors (Lipinski definition) is 3. The molecule has 2 rings (SSSR count). The third kappa shape index (κ3) is 3.32. The second-order valence-electron chi connectivity index (χ2n) is 5.74. The number of rotatable bonds is 3. The van der Waals surface area contributed by atoms with Gasteiger partial charge in [-0.25, -0.2) is 4.98 Å². The molecule has 0 amide bonds. The Bertz CT molecular complexity index is 343. The van der Waals surface area contributed by atoms with Crippen molar-refractivity contribution in [3.63, 3.8) is 0 Å². The highest BCUT2D eigenvalue weighted by atomic mass is 16.4. The van der Waals surface area contributed by atoms with E-state index in [1.807, 2.05) is 13.8 Å². The molecule has 1 saturated carbocycles. The lowest BCUT2D eigenvalue weighted by molar-refractivity contribution is 0.233. The fourth-order valence-electron chi connectivity index (χ4n) is 2.96. The fourth-order valence-corrected chi connectivity index (χ4v) is 2.96. The zero-order valence-corrected chi connectivity index (χ0v) is 11.4. The van der Waals surface area contributed by atoms with Crippen LogP contribution in [0, 0.1) is 25.7 Å². The summed E-state index contributed by atoms with van der Waals surface area (Å²) in [6.07, 6.45) is 3.93. The van der Waals surface area contributed by atoms with E-state index in [2.05, 4.69) is 24.1 Å². The molecule has 0 saturated heterocycles. The van der Waals surface area contributed by atoms with Crippen molar-refractivity contribution in [1.82, 2.24) is 10.3 Å². The van der Waals surface area contributed by atoms with Gasteiger partial charge in [0.15, 0.2) is 0 Å². The van der Waals surface area contributed by atoms with Crippen LogP contribution in [-0.2, 0) is 6.54 Å². The van der Waals surface area contributed by atoms with Crippen LogP contribution in [-0.4, -0.2) is 11.0 Å². The molecule has 1 aliphatic rings. The summed E-state index contributed by atoms with van der Waals surface area (Å²) in [7, 11) is 0. The van der Waals surface area contributed by atoms with Crippen molar-refractivity contribution in [2.24, 2.45) is 11.8 Å². The number of aromatic nitrogens is 1. The van der Waals surface area contributed by atoms with Crippen LogP contribution in [0.1, 0.15) is 50.5 Å². The van der Waals surface area contributed by atoms with E-state index in [1.54, 1.807) is 0 Å². The van der Waals surface area contributed by atoms with Gasteiger partial charge in [0.1, 0.15) is 5.76 Å². The van der Waals surface area contributed by atoms with Gasteiger partial charge in [0.25, 0.3) is 0 Å². The van der Waals surface area contributed by atoms with E-state index in [1.165, 1.54) is 19.3 Å². The van der Waals surface area contributed by atoms with Crippen LogP contribution in [0.5, 0.6) is 0 Å². The van der Waals surface area contributed by atoms with E-state index < -0.39 is 0 Å². The largest absolute Gasteiger partial charge is 0.444 e. The summed E-state index contributed by atoms with van der Waals surface area (Å²) in [5, 5.41) is 3.58. The molecular formula is C14H24N2O.